The van der Waals surface area contributed by atoms with E-state index in [2.05, 4.69) is 42.8 Å². The SMILES string of the molecule is CCCNc1nc(NC)c2nc(N(C)CC(C)O)nc(NC)c2n1. The van der Waals surface area contributed by atoms with Gasteiger partial charge in [-0.15, -0.1) is 0 Å². The molecule has 0 saturated heterocycles. The minimum absolute atomic E-state index is 0.431. The van der Waals surface area contributed by atoms with Gasteiger partial charge in [-0.05, 0) is 13.3 Å². The third kappa shape index (κ3) is 3.91. The van der Waals surface area contributed by atoms with E-state index in [9.17, 15) is 5.11 Å². The Morgan fingerprint density at radius 2 is 1.67 bits per heavy atom. The van der Waals surface area contributed by atoms with Gasteiger partial charge >= 0.3 is 0 Å². The standard InChI is InChI=1S/C15H26N8O/c1-6-7-18-14-19-10-11(12(16-3)21-14)20-15(22-13(10)17-4)23(5)8-9(2)24/h9,24H,6-8H2,1-5H3,(H,17,20,22)(H2,16,18,19,21). The van der Waals surface area contributed by atoms with Crippen LogP contribution >= 0.6 is 0 Å². The molecule has 0 bridgehead atoms. The Morgan fingerprint density at radius 1 is 1.04 bits per heavy atom. The number of rotatable bonds is 8. The van der Waals surface area contributed by atoms with E-state index in [0.717, 1.165) is 13.0 Å². The molecule has 9 nitrogen and oxygen atoms in total. The van der Waals surface area contributed by atoms with Crippen LogP contribution in [0.2, 0.25) is 0 Å². The van der Waals surface area contributed by atoms with Gasteiger partial charge in [-0.1, -0.05) is 6.92 Å². The third-order valence-electron chi connectivity index (χ3n) is 3.42. The summed E-state index contributed by atoms with van der Waals surface area (Å²) in [5.74, 6) is 2.29. The lowest BCUT2D eigenvalue weighted by Gasteiger charge is -2.20. The lowest BCUT2D eigenvalue weighted by atomic mass is 10.3. The first kappa shape index (κ1) is 17.9. The highest BCUT2D eigenvalue weighted by atomic mass is 16.3. The summed E-state index contributed by atoms with van der Waals surface area (Å²) in [6, 6.07) is 0. The van der Waals surface area contributed by atoms with Gasteiger partial charge in [0.15, 0.2) is 11.6 Å². The number of aliphatic hydroxyl groups is 1. The van der Waals surface area contributed by atoms with Crippen LogP contribution in [0.1, 0.15) is 20.3 Å². The number of hydrogen-bond acceptors (Lipinski definition) is 9. The maximum absolute atomic E-state index is 9.59. The van der Waals surface area contributed by atoms with E-state index in [1.165, 1.54) is 0 Å². The molecule has 0 amide bonds. The molecule has 2 aromatic rings. The zero-order chi connectivity index (χ0) is 17.7. The molecular weight excluding hydrogens is 308 g/mol. The lowest BCUT2D eigenvalue weighted by Crippen LogP contribution is -2.28. The zero-order valence-electron chi connectivity index (χ0n) is 14.9. The molecule has 0 spiro atoms. The van der Waals surface area contributed by atoms with Crippen molar-refractivity contribution >= 4 is 34.6 Å². The fourth-order valence-electron chi connectivity index (χ4n) is 2.32. The van der Waals surface area contributed by atoms with E-state index < -0.39 is 6.10 Å². The van der Waals surface area contributed by atoms with Crippen molar-refractivity contribution in [2.24, 2.45) is 0 Å². The van der Waals surface area contributed by atoms with Crippen LogP contribution < -0.4 is 20.9 Å². The van der Waals surface area contributed by atoms with E-state index in [1.807, 2.05) is 7.05 Å². The molecule has 2 rings (SSSR count). The Kier molecular flexibility index (Phi) is 5.91. The molecule has 2 aromatic heterocycles. The molecule has 0 aliphatic heterocycles. The van der Waals surface area contributed by atoms with Gasteiger partial charge in [0, 0.05) is 34.2 Å². The van der Waals surface area contributed by atoms with Crippen LogP contribution in [-0.4, -0.2) is 65.4 Å². The molecule has 0 fully saturated rings. The van der Waals surface area contributed by atoms with E-state index in [1.54, 1.807) is 25.9 Å². The molecule has 132 valence electrons. The van der Waals surface area contributed by atoms with Gasteiger partial charge in [-0.2, -0.15) is 9.97 Å². The highest BCUT2D eigenvalue weighted by molar-refractivity contribution is 5.94. The Balaban J connectivity index is 2.56. The van der Waals surface area contributed by atoms with Gasteiger partial charge in [0.2, 0.25) is 11.9 Å². The minimum atomic E-state index is -0.479. The van der Waals surface area contributed by atoms with Crippen molar-refractivity contribution in [3.63, 3.8) is 0 Å². The topological polar surface area (TPSA) is 111 Å². The van der Waals surface area contributed by atoms with Crippen molar-refractivity contribution in [1.29, 1.82) is 0 Å². The molecule has 2 heterocycles. The molecule has 0 radical (unpaired) electrons. The third-order valence-corrected chi connectivity index (χ3v) is 3.42. The maximum atomic E-state index is 9.59. The van der Waals surface area contributed by atoms with Crippen LogP contribution in [0.15, 0.2) is 0 Å². The highest BCUT2D eigenvalue weighted by Gasteiger charge is 2.17. The predicted molar refractivity (Wildman–Crippen MR) is 98.0 cm³/mol. The maximum Gasteiger partial charge on any atom is 0.227 e. The Bertz CT molecular complexity index is 691. The van der Waals surface area contributed by atoms with E-state index >= 15 is 0 Å². The van der Waals surface area contributed by atoms with Crippen LogP contribution in [-0.2, 0) is 0 Å². The zero-order valence-corrected chi connectivity index (χ0v) is 14.9. The number of anilines is 4. The van der Waals surface area contributed by atoms with Crippen molar-refractivity contribution in [2.75, 3.05) is 55.1 Å². The quantitative estimate of drug-likeness (QED) is 0.564. The van der Waals surface area contributed by atoms with Crippen LogP contribution in [0.25, 0.3) is 11.0 Å². The lowest BCUT2D eigenvalue weighted by molar-refractivity contribution is 0.201. The molecule has 24 heavy (non-hydrogen) atoms. The molecule has 0 aromatic carbocycles. The summed E-state index contributed by atoms with van der Waals surface area (Å²) in [7, 11) is 5.43. The average Bonchev–Trinajstić information content (AvgIpc) is 2.57. The summed E-state index contributed by atoms with van der Waals surface area (Å²) in [5, 5.41) is 18.9. The molecule has 4 N–H and O–H groups in total. The number of nitrogens with one attached hydrogen (secondary N) is 3. The number of aliphatic hydroxyl groups excluding tert-OH is 1. The second-order valence-corrected chi connectivity index (χ2v) is 5.62. The highest BCUT2D eigenvalue weighted by Crippen LogP contribution is 2.27. The molecule has 1 unspecified atom stereocenters. The Hall–Kier alpha value is -2.42. The first-order valence-corrected chi connectivity index (χ1v) is 8.08. The van der Waals surface area contributed by atoms with Crippen LogP contribution in [0, 0.1) is 0 Å². The van der Waals surface area contributed by atoms with Crippen LogP contribution in [0.4, 0.5) is 23.5 Å². The largest absolute Gasteiger partial charge is 0.392 e. The summed E-state index contributed by atoms with van der Waals surface area (Å²) in [4.78, 5) is 19.9. The van der Waals surface area contributed by atoms with Crippen molar-refractivity contribution in [2.45, 2.75) is 26.4 Å². The van der Waals surface area contributed by atoms with Gasteiger partial charge in [-0.25, -0.2) is 9.97 Å². The summed E-state index contributed by atoms with van der Waals surface area (Å²) in [6.07, 6.45) is 0.502. The fourth-order valence-corrected chi connectivity index (χ4v) is 2.32. The second-order valence-electron chi connectivity index (χ2n) is 5.62. The molecule has 0 aliphatic carbocycles. The number of hydrogen-bond donors (Lipinski definition) is 4. The number of likely N-dealkylation sites (N-methyl/N-ethyl adjacent to an activating group) is 1. The Labute approximate surface area is 141 Å². The monoisotopic (exact) mass is 334 g/mol. The summed E-state index contributed by atoms with van der Waals surface area (Å²) >= 11 is 0. The first-order chi connectivity index (χ1) is 11.5. The molecule has 0 saturated carbocycles. The fraction of sp³-hybridized carbons (Fsp3) is 0.600. The Morgan fingerprint density at radius 3 is 2.25 bits per heavy atom. The van der Waals surface area contributed by atoms with Crippen molar-refractivity contribution in [3.8, 4) is 0 Å². The van der Waals surface area contributed by atoms with E-state index in [4.69, 9.17) is 0 Å². The summed E-state index contributed by atoms with van der Waals surface area (Å²) < 4.78 is 0. The molecular formula is C15H26N8O. The first-order valence-electron chi connectivity index (χ1n) is 8.08. The van der Waals surface area contributed by atoms with Crippen LogP contribution in [0.3, 0.4) is 0 Å². The van der Waals surface area contributed by atoms with E-state index in [-0.39, 0.29) is 0 Å². The molecule has 0 aliphatic rings. The summed E-state index contributed by atoms with van der Waals surface area (Å²) in [5.41, 5.74) is 1.27. The average molecular weight is 334 g/mol. The smallest absolute Gasteiger partial charge is 0.227 e. The molecule has 1 atom stereocenters. The normalized spacial score (nSPS) is 12.1. The van der Waals surface area contributed by atoms with Gasteiger partial charge < -0.3 is 26.0 Å². The van der Waals surface area contributed by atoms with Gasteiger partial charge in [-0.3, -0.25) is 0 Å². The van der Waals surface area contributed by atoms with Crippen LogP contribution in [0.5, 0.6) is 0 Å². The van der Waals surface area contributed by atoms with Gasteiger partial charge in [0.1, 0.15) is 11.0 Å². The van der Waals surface area contributed by atoms with E-state index in [0.29, 0.717) is 41.1 Å². The number of fused-ring (bicyclic) bond motifs is 1. The van der Waals surface area contributed by atoms with Gasteiger partial charge in [0.05, 0.1) is 6.10 Å². The van der Waals surface area contributed by atoms with Gasteiger partial charge in [0.25, 0.3) is 0 Å². The minimum Gasteiger partial charge on any atom is -0.392 e. The predicted octanol–water partition coefficient (Wildman–Crippen LogP) is 1.14. The number of nitrogens with zero attached hydrogens (tertiary/aromatic N) is 5. The summed E-state index contributed by atoms with van der Waals surface area (Å²) in [6.45, 7) is 5.03. The van der Waals surface area contributed by atoms with Crippen molar-refractivity contribution < 1.29 is 5.11 Å². The van der Waals surface area contributed by atoms with Crippen molar-refractivity contribution in [3.05, 3.63) is 0 Å². The van der Waals surface area contributed by atoms with Crippen molar-refractivity contribution in [1.82, 2.24) is 19.9 Å². The second kappa shape index (κ2) is 7.91. The molecule has 9 heteroatoms. The number of aromatic nitrogens is 4.